The standard InChI is InChI=1S/C13H16N2O.H2/c1-13(2,3)16-12-7-5-4-6-11(12)10-8-14-15-9-10;/h4-9H,1-3H3,(H,14,15);1H. The average molecular weight is 218 g/mol. The van der Waals surface area contributed by atoms with E-state index in [1.807, 2.05) is 51.2 Å². The van der Waals surface area contributed by atoms with Gasteiger partial charge in [-0.3, -0.25) is 5.10 Å². The van der Waals surface area contributed by atoms with Crippen LogP contribution in [0.3, 0.4) is 0 Å². The maximum Gasteiger partial charge on any atom is 0.128 e. The van der Waals surface area contributed by atoms with E-state index < -0.39 is 0 Å². The summed E-state index contributed by atoms with van der Waals surface area (Å²) in [5.41, 5.74) is 1.91. The summed E-state index contributed by atoms with van der Waals surface area (Å²) >= 11 is 0. The molecule has 0 aliphatic heterocycles. The van der Waals surface area contributed by atoms with Gasteiger partial charge >= 0.3 is 0 Å². The van der Waals surface area contributed by atoms with E-state index in [1.54, 1.807) is 6.20 Å². The number of ether oxygens (including phenoxy) is 1. The predicted molar refractivity (Wildman–Crippen MR) is 66.5 cm³/mol. The first-order valence-electron chi connectivity index (χ1n) is 5.33. The number of benzene rings is 1. The van der Waals surface area contributed by atoms with E-state index in [1.165, 1.54) is 0 Å². The van der Waals surface area contributed by atoms with Crippen LogP contribution in [0, 0.1) is 0 Å². The number of aromatic amines is 1. The van der Waals surface area contributed by atoms with Gasteiger partial charge in [0.05, 0.1) is 6.20 Å². The lowest BCUT2D eigenvalue weighted by Crippen LogP contribution is -2.23. The van der Waals surface area contributed by atoms with Gasteiger partial charge in [0.1, 0.15) is 11.4 Å². The fraction of sp³-hybridized carbons (Fsp3) is 0.308. The van der Waals surface area contributed by atoms with Gasteiger partial charge in [0.25, 0.3) is 0 Å². The van der Waals surface area contributed by atoms with Crippen LogP contribution in [0.4, 0.5) is 0 Å². The maximum absolute atomic E-state index is 5.91. The summed E-state index contributed by atoms with van der Waals surface area (Å²) in [4.78, 5) is 0. The number of para-hydroxylation sites is 1. The minimum atomic E-state index is -0.195. The number of rotatable bonds is 2. The van der Waals surface area contributed by atoms with Gasteiger partial charge < -0.3 is 4.74 Å². The third kappa shape index (κ3) is 2.42. The molecule has 0 aliphatic rings. The molecule has 0 aliphatic carbocycles. The zero-order valence-corrected chi connectivity index (χ0v) is 9.82. The fourth-order valence-electron chi connectivity index (χ4n) is 1.52. The second kappa shape index (κ2) is 4.00. The van der Waals surface area contributed by atoms with Crippen molar-refractivity contribution in [1.29, 1.82) is 0 Å². The highest BCUT2D eigenvalue weighted by Crippen LogP contribution is 2.31. The van der Waals surface area contributed by atoms with Crippen molar-refractivity contribution < 1.29 is 6.16 Å². The van der Waals surface area contributed by atoms with Gasteiger partial charge in [-0.15, -0.1) is 0 Å². The van der Waals surface area contributed by atoms with Crippen molar-refractivity contribution in [3.05, 3.63) is 36.7 Å². The van der Waals surface area contributed by atoms with E-state index in [4.69, 9.17) is 4.74 Å². The molecule has 1 aromatic carbocycles. The Bertz CT molecular complexity index is 461. The van der Waals surface area contributed by atoms with Gasteiger partial charge in [0, 0.05) is 18.8 Å². The molecule has 2 rings (SSSR count). The predicted octanol–water partition coefficient (Wildman–Crippen LogP) is 3.50. The lowest BCUT2D eigenvalue weighted by molar-refractivity contribution is 0.132. The van der Waals surface area contributed by atoms with E-state index in [2.05, 4.69) is 10.2 Å². The average Bonchev–Trinajstić information content (AvgIpc) is 2.69. The minimum absolute atomic E-state index is 0. The minimum Gasteiger partial charge on any atom is -0.488 e. The summed E-state index contributed by atoms with van der Waals surface area (Å²) in [7, 11) is 0. The molecule has 0 spiro atoms. The highest BCUT2D eigenvalue weighted by molar-refractivity contribution is 5.69. The monoisotopic (exact) mass is 218 g/mol. The molecule has 0 atom stereocenters. The van der Waals surface area contributed by atoms with Crippen molar-refractivity contribution in [3.63, 3.8) is 0 Å². The summed E-state index contributed by atoms with van der Waals surface area (Å²) in [6.45, 7) is 6.12. The molecule has 1 heterocycles. The molecule has 3 nitrogen and oxygen atoms in total. The van der Waals surface area contributed by atoms with Crippen molar-refractivity contribution >= 4 is 0 Å². The molecule has 0 bridgehead atoms. The molecule has 1 aromatic heterocycles. The van der Waals surface area contributed by atoms with E-state index >= 15 is 0 Å². The Kier molecular flexibility index (Phi) is 2.69. The van der Waals surface area contributed by atoms with E-state index in [0.29, 0.717) is 0 Å². The summed E-state index contributed by atoms with van der Waals surface area (Å²) in [5.74, 6) is 0.886. The van der Waals surface area contributed by atoms with Crippen LogP contribution in [0.1, 0.15) is 22.2 Å². The highest BCUT2D eigenvalue weighted by atomic mass is 16.5. The Morgan fingerprint density at radius 3 is 2.62 bits per heavy atom. The highest BCUT2D eigenvalue weighted by Gasteiger charge is 2.15. The molecule has 0 fully saturated rings. The van der Waals surface area contributed by atoms with E-state index in [9.17, 15) is 0 Å². The van der Waals surface area contributed by atoms with Crippen LogP contribution in [-0.2, 0) is 0 Å². The quantitative estimate of drug-likeness (QED) is 0.837. The number of nitrogens with zero attached hydrogens (tertiary/aromatic N) is 1. The van der Waals surface area contributed by atoms with Gasteiger partial charge in [0.15, 0.2) is 0 Å². The zero-order chi connectivity index (χ0) is 11.6. The Morgan fingerprint density at radius 1 is 1.25 bits per heavy atom. The van der Waals surface area contributed by atoms with Crippen molar-refractivity contribution in [2.45, 2.75) is 26.4 Å². The number of aromatic nitrogens is 2. The van der Waals surface area contributed by atoms with Crippen LogP contribution in [0.5, 0.6) is 5.75 Å². The molecule has 0 unspecified atom stereocenters. The molecular formula is C13H18N2O. The summed E-state index contributed by atoms with van der Waals surface area (Å²) in [6, 6.07) is 7.99. The largest absolute Gasteiger partial charge is 0.488 e. The van der Waals surface area contributed by atoms with Gasteiger partial charge in [-0.25, -0.2) is 0 Å². The lowest BCUT2D eigenvalue weighted by atomic mass is 10.1. The third-order valence-corrected chi connectivity index (χ3v) is 2.11. The normalized spacial score (nSPS) is 11.4. The van der Waals surface area contributed by atoms with Crippen LogP contribution in [-0.4, -0.2) is 15.8 Å². The number of H-pyrrole nitrogens is 1. The van der Waals surface area contributed by atoms with Gasteiger partial charge in [0.2, 0.25) is 0 Å². The zero-order valence-electron chi connectivity index (χ0n) is 9.82. The Hall–Kier alpha value is -1.77. The topological polar surface area (TPSA) is 37.9 Å². The van der Waals surface area contributed by atoms with Gasteiger partial charge in [-0.1, -0.05) is 18.2 Å². The molecule has 1 N–H and O–H groups in total. The molecule has 0 saturated heterocycles. The molecule has 2 aromatic rings. The molecule has 0 saturated carbocycles. The Morgan fingerprint density at radius 2 is 2.00 bits per heavy atom. The fourth-order valence-corrected chi connectivity index (χ4v) is 1.52. The van der Waals surface area contributed by atoms with Crippen LogP contribution < -0.4 is 4.74 Å². The molecule has 0 amide bonds. The second-order valence-corrected chi connectivity index (χ2v) is 4.70. The van der Waals surface area contributed by atoms with Crippen molar-refractivity contribution in [1.82, 2.24) is 10.2 Å². The smallest absolute Gasteiger partial charge is 0.128 e. The van der Waals surface area contributed by atoms with E-state index in [-0.39, 0.29) is 7.03 Å². The summed E-state index contributed by atoms with van der Waals surface area (Å²) in [5, 5.41) is 6.77. The Balaban J connectivity index is 0.00000144. The van der Waals surface area contributed by atoms with Crippen molar-refractivity contribution in [2.75, 3.05) is 0 Å². The van der Waals surface area contributed by atoms with Crippen LogP contribution in [0.2, 0.25) is 0 Å². The molecule has 3 heteroatoms. The first-order chi connectivity index (χ1) is 7.56. The molecule has 86 valence electrons. The lowest BCUT2D eigenvalue weighted by Gasteiger charge is -2.22. The van der Waals surface area contributed by atoms with Crippen molar-refractivity contribution in [3.8, 4) is 16.9 Å². The molecular weight excluding hydrogens is 200 g/mol. The molecule has 0 radical (unpaired) electrons. The first kappa shape index (κ1) is 10.7. The van der Waals surface area contributed by atoms with Crippen LogP contribution in [0.15, 0.2) is 36.7 Å². The van der Waals surface area contributed by atoms with Crippen LogP contribution in [0.25, 0.3) is 11.1 Å². The number of hydrogen-bond acceptors (Lipinski definition) is 2. The van der Waals surface area contributed by atoms with Gasteiger partial charge in [-0.2, -0.15) is 5.10 Å². The second-order valence-electron chi connectivity index (χ2n) is 4.70. The van der Waals surface area contributed by atoms with Crippen LogP contribution >= 0.6 is 0 Å². The number of nitrogens with one attached hydrogen (secondary N) is 1. The SMILES string of the molecule is CC(C)(C)Oc1ccccc1-c1cn[nH]c1.[HH]. The summed E-state index contributed by atoms with van der Waals surface area (Å²) in [6.07, 6.45) is 3.66. The number of hydrogen-bond donors (Lipinski definition) is 1. The third-order valence-electron chi connectivity index (χ3n) is 2.11. The van der Waals surface area contributed by atoms with Crippen molar-refractivity contribution in [2.24, 2.45) is 0 Å². The van der Waals surface area contributed by atoms with E-state index in [0.717, 1.165) is 16.9 Å². The first-order valence-corrected chi connectivity index (χ1v) is 5.33. The Labute approximate surface area is 96.9 Å². The summed E-state index contributed by atoms with van der Waals surface area (Å²) < 4.78 is 5.91. The van der Waals surface area contributed by atoms with Gasteiger partial charge in [-0.05, 0) is 26.8 Å². The maximum atomic E-state index is 5.91. The molecule has 16 heavy (non-hydrogen) atoms.